The molecule has 2 aliphatic heterocycles. The van der Waals surface area contributed by atoms with Crippen LogP contribution in [0.5, 0.6) is 23.0 Å². The Labute approximate surface area is 345 Å². The molecule has 0 aliphatic carbocycles. The second-order valence-electron chi connectivity index (χ2n) is 16.9. The Morgan fingerprint density at radius 3 is 1.36 bits per heavy atom. The van der Waals surface area contributed by atoms with Crippen LogP contribution in [0.15, 0.2) is 180 Å². The van der Waals surface area contributed by atoms with E-state index in [1.54, 1.807) is 0 Å². The van der Waals surface area contributed by atoms with Crippen LogP contribution in [0.4, 0.5) is 17.1 Å². The highest BCUT2D eigenvalue weighted by molar-refractivity contribution is 8.32. The molecule has 8 aromatic rings. The van der Waals surface area contributed by atoms with Crippen LogP contribution in [0.25, 0.3) is 33.0 Å². The zero-order valence-corrected chi connectivity index (χ0v) is 35.5. The van der Waals surface area contributed by atoms with E-state index < -0.39 is 20.1 Å². The number of benzene rings is 8. The van der Waals surface area contributed by atoms with E-state index in [9.17, 15) is 0 Å². The molecule has 1 atom stereocenters. The van der Waals surface area contributed by atoms with Crippen LogP contribution in [0.2, 0.25) is 0 Å². The first-order valence-electron chi connectivity index (χ1n) is 19.7. The van der Waals surface area contributed by atoms with Gasteiger partial charge in [-0.05, 0) is 166 Å². The van der Waals surface area contributed by atoms with Crippen LogP contribution in [0.3, 0.4) is 0 Å². The third kappa shape index (κ3) is 6.34. The van der Waals surface area contributed by atoms with Gasteiger partial charge >= 0.3 is 0 Å². The Morgan fingerprint density at radius 1 is 0.362 bits per heavy atom. The lowest BCUT2D eigenvalue weighted by atomic mass is 9.83. The summed E-state index contributed by atoms with van der Waals surface area (Å²) >= 11 is 0. The predicted molar refractivity (Wildman–Crippen MR) is 251 cm³/mol. The highest BCUT2D eigenvalue weighted by Gasteiger charge is 2.30. The van der Waals surface area contributed by atoms with Gasteiger partial charge in [-0.2, -0.15) is 0 Å². The van der Waals surface area contributed by atoms with Crippen molar-refractivity contribution in [3.8, 4) is 45.3 Å². The standard InChI is InChI=1S/C53H47NO2S2/c1-57(2,3)41-23-17-36(18-24-41)51(35-13-9-7-10-14-35)37-19-27-43-45-29-32-48-53-46(30-31-47(52(45)53)55-49(43)33-37)44-28-22-40(34-50(44)56-48)54(38-15-11-8-12-16-38)39-20-25-42(26-21-39)58(4,5)6/h7-34,51H,1-6H3. The lowest BCUT2D eigenvalue weighted by molar-refractivity contribution is 0.479. The summed E-state index contributed by atoms with van der Waals surface area (Å²) in [5, 5.41) is 2.19. The molecule has 58 heavy (non-hydrogen) atoms. The minimum Gasteiger partial charge on any atom is -0.456 e. The number of para-hydroxylation sites is 1. The Kier molecular flexibility index (Phi) is 8.74. The summed E-state index contributed by atoms with van der Waals surface area (Å²) in [5.41, 5.74) is 11.5. The highest BCUT2D eigenvalue weighted by Crippen LogP contribution is 2.56. The molecule has 0 saturated heterocycles. The summed E-state index contributed by atoms with van der Waals surface area (Å²) in [6, 6.07) is 61.8. The Hall–Kier alpha value is -5.88. The minimum absolute atomic E-state index is 0.0762. The summed E-state index contributed by atoms with van der Waals surface area (Å²) in [7, 11) is -1.65. The van der Waals surface area contributed by atoms with Crippen molar-refractivity contribution in [2.24, 2.45) is 0 Å². The molecular formula is C53H47NO2S2. The van der Waals surface area contributed by atoms with Crippen molar-refractivity contribution in [3.05, 3.63) is 187 Å². The molecule has 0 saturated carbocycles. The van der Waals surface area contributed by atoms with Crippen molar-refractivity contribution >= 4 is 47.9 Å². The van der Waals surface area contributed by atoms with Crippen LogP contribution >= 0.6 is 20.1 Å². The normalized spacial score (nSPS) is 13.8. The smallest absolute Gasteiger partial charge is 0.137 e. The van der Waals surface area contributed by atoms with Gasteiger partial charge in [0.25, 0.3) is 0 Å². The molecule has 0 N–H and O–H groups in total. The maximum absolute atomic E-state index is 6.86. The highest BCUT2D eigenvalue weighted by atomic mass is 32.3. The van der Waals surface area contributed by atoms with Gasteiger partial charge in [0.05, 0.1) is 0 Å². The molecular weight excluding hydrogens is 747 g/mol. The van der Waals surface area contributed by atoms with Gasteiger partial charge in [-0.3, -0.25) is 0 Å². The first-order chi connectivity index (χ1) is 28.0. The average Bonchev–Trinajstić information content (AvgIpc) is 3.23. The van der Waals surface area contributed by atoms with Gasteiger partial charge in [0.15, 0.2) is 0 Å². The van der Waals surface area contributed by atoms with E-state index in [-0.39, 0.29) is 5.92 Å². The number of nitrogens with zero attached hydrogens (tertiary/aromatic N) is 1. The molecule has 8 aromatic carbocycles. The number of hydrogen-bond acceptors (Lipinski definition) is 3. The molecule has 0 amide bonds. The SMILES string of the molecule is CS(C)(C)c1ccc(C(c2ccccc2)c2ccc3c(c2)Oc2ccc4c5c(ccc-3c25)Oc2cc(N(c3ccccc3)c3ccc(S(C)(C)C)cc3)ccc2-4)cc1. The van der Waals surface area contributed by atoms with E-state index in [4.69, 9.17) is 9.47 Å². The number of hydrogen-bond donors (Lipinski definition) is 0. The van der Waals surface area contributed by atoms with E-state index in [0.717, 1.165) is 73.1 Å². The third-order valence-electron chi connectivity index (χ3n) is 11.5. The fourth-order valence-electron chi connectivity index (χ4n) is 8.59. The fourth-order valence-corrected chi connectivity index (χ4v) is 10.5. The molecule has 5 heteroatoms. The first kappa shape index (κ1) is 36.5. The monoisotopic (exact) mass is 793 g/mol. The van der Waals surface area contributed by atoms with Crippen molar-refractivity contribution in [1.29, 1.82) is 0 Å². The molecule has 3 nitrogen and oxygen atoms in total. The zero-order valence-electron chi connectivity index (χ0n) is 33.8. The summed E-state index contributed by atoms with van der Waals surface area (Å²) in [6.45, 7) is 0. The zero-order chi connectivity index (χ0) is 39.8. The van der Waals surface area contributed by atoms with E-state index >= 15 is 0 Å². The van der Waals surface area contributed by atoms with Crippen molar-refractivity contribution in [2.75, 3.05) is 42.4 Å². The lowest BCUT2D eigenvalue weighted by Gasteiger charge is -2.30. The van der Waals surface area contributed by atoms with Crippen molar-refractivity contribution < 1.29 is 9.47 Å². The number of ether oxygens (including phenoxy) is 2. The second kappa shape index (κ2) is 13.9. The Morgan fingerprint density at radius 2 is 0.793 bits per heavy atom. The average molecular weight is 794 g/mol. The molecule has 0 fully saturated rings. The Bertz CT molecular complexity index is 2640. The second-order valence-corrected chi connectivity index (χ2v) is 25.2. The maximum Gasteiger partial charge on any atom is 0.137 e. The number of fused-ring (bicyclic) bond motifs is 4. The molecule has 288 valence electrons. The minimum atomic E-state index is -0.833. The third-order valence-corrected chi connectivity index (χ3v) is 14.9. The Balaban J connectivity index is 1.04. The molecule has 0 spiro atoms. The van der Waals surface area contributed by atoms with Gasteiger partial charge in [-0.15, -0.1) is 0 Å². The van der Waals surface area contributed by atoms with Crippen LogP contribution in [0, 0.1) is 0 Å². The molecule has 10 rings (SSSR count). The van der Waals surface area contributed by atoms with Gasteiger partial charge in [0.1, 0.15) is 23.0 Å². The van der Waals surface area contributed by atoms with Gasteiger partial charge in [-0.1, -0.05) is 72.8 Å². The molecule has 0 aromatic heterocycles. The van der Waals surface area contributed by atoms with E-state index in [1.807, 2.05) is 0 Å². The predicted octanol–water partition coefficient (Wildman–Crippen LogP) is 15.1. The van der Waals surface area contributed by atoms with Gasteiger partial charge in [0.2, 0.25) is 0 Å². The molecule has 0 bridgehead atoms. The molecule has 1 unspecified atom stereocenters. The van der Waals surface area contributed by atoms with Crippen LogP contribution < -0.4 is 14.4 Å². The molecule has 0 radical (unpaired) electrons. The van der Waals surface area contributed by atoms with Crippen LogP contribution in [0.1, 0.15) is 22.6 Å². The molecule has 2 heterocycles. The number of rotatable bonds is 8. The van der Waals surface area contributed by atoms with E-state index in [2.05, 4.69) is 212 Å². The largest absolute Gasteiger partial charge is 0.456 e. The summed E-state index contributed by atoms with van der Waals surface area (Å²) in [4.78, 5) is 5.11. The first-order valence-corrected chi connectivity index (χ1v) is 25.4. The van der Waals surface area contributed by atoms with E-state index in [0.29, 0.717) is 0 Å². The summed E-state index contributed by atoms with van der Waals surface area (Å²) < 4.78 is 13.7. The van der Waals surface area contributed by atoms with Gasteiger partial charge in [0, 0.05) is 50.9 Å². The fraction of sp³-hybridized carbons (Fsp3) is 0.132. The van der Waals surface area contributed by atoms with E-state index in [1.165, 1.54) is 26.5 Å². The van der Waals surface area contributed by atoms with Crippen molar-refractivity contribution in [3.63, 3.8) is 0 Å². The van der Waals surface area contributed by atoms with Crippen LogP contribution in [-0.2, 0) is 0 Å². The number of anilines is 3. The van der Waals surface area contributed by atoms with Gasteiger partial charge < -0.3 is 14.4 Å². The lowest BCUT2D eigenvalue weighted by Crippen LogP contribution is -2.11. The summed E-state index contributed by atoms with van der Waals surface area (Å²) in [6.07, 6.45) is 14.0. The van der Waals surface area contributed by atoms with Crippen molar-refractivity contribution in [1.82, 2.24) is 0 Å². The summed E-state index contributed by atoms with van der Waals surface area (Å²) in [5.74, 6) is 3.50. The van der Waals surface area contributed by atoms with Crippen molar-refractivity contribution in [2.45, 2.75) is 15.7 Å². The topological polar surface area (TPSA) is 21.7 Å². The van der Waals surface area contributed by atoms with Crippen LogP contribution in [-0.4, -0.2) is 37.5 Å². The maximum atomic E-state index is 6.86. The van der Waals surface area contributed by atoms with Gasteiger partial charge in [-0.25, -0.2) is 20.1 Å². The quantitative estimate of drug-likeness (QED) is 0.143. The molecule has 2 aliphatic rings.